The molecule has 0 aromatic carbocycles. The first-order chi connectivity index (χ1) is 10.2. The zero-order chi connectivity index (χ0) is 14.7. The van der Waals surface area contributed by atoms with Crippen LogP contribution in [0.25, 0.3) is 5.65 Å². The highest BCUT2D eigenvalue weighted by atomic mass is 79.9. The Kier molecular flexibility index (Phi) is 4.52. The van der Waals surface area contributed by atoms with Crippen molar-refractivity contribution in [3.63, 3.8) is 0 Å². The smallest absolute Gasteiger partial charge is 0.261 e. The Morgan fingerprint density at radius 2 is 2.14 bits per heavy atom. The lowest BCUT2D eigenvalue weighted by Gasteiger charge is -2.26. The van der Waals surface area contributed by atoms with E-state index in [1.165, 1.54) is 10.5 Å². The van der Waals surface area contributed by atoms with Gasteiger partial charge in [-0.2, -0.15) is 4.98 Å². The Hall–Kier alpha value is -1.44. The van der Waals surface area contributed by atoms with Crippen molar-refractivity contribution in [3.05, 3.63) is 39.2 Å². The second-order valence-corrected chi connectivity index (χ2v) is 5.73. The molecule has 6 nitrogen and oxygen atoms in total. The van der Waals surface area contributed by atoms with Gasteiger partial charge in [0.25, 0.3) is 5.56 Å². The van der Waals surface area contributed by atoms with Crippen molar-refractivity contribution in [1.29, 1.82) is 0 Å². The van der Waals surface area contributed by atoms with E-state index < -0.39 is 0 Å². The van der Waals surface area contributed by atoms with Gasteiger partial charge in [0.05, 0.1) is 19.3 Å². The Morgan fingerprint density at radius 3 is 2.95 bits per heavy atom. The molecule has 3 rings (SSSR count). The quantitative estimate of drug-likeness (QED) is 0.825. The Labute approximate surface area is 130 Å². The third-order valence-electron chi connectivity index (χ3n) is 3.36. The van der Waals surface area contributed by atoms with E-state index in [1.807, 2.05) is 6.07 Å². The minimum Gasteiger partial charge on any atom is -0.476 e. The van der Waals surface area contributed by atoms with Gasteiger partial charge < -0.3 is 9.47 Å². The van der Waals surface area contributed by atoms with Crippen molar-refractivity contribution < 1.29 is 9.47 Å². The number of fused-ring (bicyclic) bond motifs is 1. The molecule has 1 aliphatic rings. The fourth-order valence-corrected chi connectivity index (χ4v) is 2.57. The van der Waals surface area contributed by atoms with E-state index in [0.717, 1.165) is 37.3 Å². The van der Waals surface area contributed by atoms with Crippen LogP contribution < -0.4 is 10.3 Å². The van der Waals surface area contributed by atoms with Crippen molar-refractivity contribution in [2.75, 3.05) is 39.5 Å². The molecule has 1 saturated heterocycles. The van der Waals surface area contributed by atoms with Crippen LogP contribution >= 0.6 is 15.9 Å². The first-order valence-corrected chi connectivity index (χ1v) is 7.63. The molecule has 112 valence electrons. The summed E-state index contributed by atoms with van der Waals surface area (Å²) in [7, 11) is 0. The SMILES string of the molecule is O=c1cc(OCCN2CCOCC2)nc2ccc(Br)cn12. The van der Waals surface area contributed by atoms with Crippen molar-refractivity contribution in [1.82, 2.24) is 14.3 Å². The molecule has 2 aromatic rings. The van der Waals surface area contributed by atoms with E-state index in [1.54, 1.807) is 12.3 Å². The third-order valence-corrected chi connectivity index (χ3v) is 3.83. The molecule has 0 unspecified atom stereocenters. The van der Waals surface area contributed by atoms with Gasteiger partial charge in [0.2, 0.25) is 5.88 Å². The van der Waals surface area contributed by atoms with Crippen LogP contribution in [0.2, 0.25) is 0 Å². The largest absolute Gasteiger partial charge is 0.476 e. The summed E-state index contributed by atoms with van der Waals surface area (Å²) in [5.41, 5.74) is 0.426. The van der Waals surface area contributed by atoms with Gasteiger partial charge in [-0.15, -0.1) is 0 Å². The maximum atomic E-state index is 12.0. The highest BCUT2D eigenvalue weighted by molar-refractivity contribution is 9.10. The third kappa shape index (κ3) is 3.61. The number of halogens is 1. The van der Waals surface area contributed by atoms with Gasteiger partial charge in [-0.25, -0.2) is 0 Å². The Balaban J connectivity index is 1.67. The van der Waals surface area contributed by atoms with Crippen molar-refractivity contribution in [2.24, 2.45) is 0 Å². The van der Waals surface area contributed by atoms with E-state index in [9.17, 15) is 4.79 Å². The number of morpholine rings is 1. The average Bonchev–Trinajstić information content (AvgIpc) is 2.49. The summed E-state index contributed by atoms with van der Waals surface area (Å²) >= 11 is 3.34. The zero-order valence-electron chi connectivity index (χ0n) is 11.5. The fraction of sp³-hybridized carbons (Fsp3) is 0.429. The summed E-state index contributed by atoms with van der Waals surface area (Å²) < 4.78 is 13.2. The van der Waals surface area contributed by atoms with Crippen molar-refractivity contribution >= 4 is 21.6 Å². The van der Waals surface area contributed by atoms with Gasteiger partial charge in [0.1, 0.15) is 12.3 Å². The number of aromatic nitrogens is 2. The topological polar surface area (TPSA) is 56.1 Å². The lowest BCUT2D eigenvalue weighted by Crippen LogP contribution is -2.38. The molecule has 0 amide bonds. The van der Waals surface area contributed by atoms with E-state index in [-0.39, 0.29) is 5.56 Å². The maximum Gasteiger partial charge on any atom is 0.261 e. The van der Waals surface area contributed by atoms with Crippen LogP contribution in [0, 0.1) is 0 Å². The number of rotatable bonds is 4. The molecule has 1 fully saturated rings. The molecule has 1 aliphatic heterocycles. The summed E-state index contributed by atoms with van der Waals surface area (Å²) in [6.07, 6.45) is 1.70. The lowest BCUT2D eigenvalue weighted by molar-refractivity contribution is 0.0320. The summed E-state index contributed by atoms with van der Waals surface area (Å²) in [6.45, 7) is 4.70. The van der Waals surface area contributed by atoms with E-state index in [4.69, 9.17) is 9.47 Å². The van der Waals surface area contributed by atoms with E-state index in [2.05, 4.69) is 25.8 Å². The van der Waals surface area contributed by atoms with Crippen molar-refractivity contribution in [3.8, 4) is 5.88 Å². The summed E-state index contributed by atoms with van der Waals surface area (Å²) in [6, 6.07) is 5.04. The molecular formula is C14H16BrN3O3. The molecule has 3 heterocycles. The van der Waals surface area contributed by atoms with Crippen LogP contribution in [0.5, 0.6) is 5.88 Å². The minimum atomic E-state index is -0.150. The molecule has 21 heavy (non-hydrogen) atoms. The van der Waals surface area contributed by atoms with Gasteiger partial charge in [0, 0.05) is 30.3 Å². The number of pyridine rings is 1. The van der Waals surface area contributed by atoms with Gasteiger partial charge >= 0.3 is 0 Å². The minimum absolute atomic E-state index is 0.150. The highest BCUT2D eigenvalue weighted by Gasteiger charge is 2.10. The first-order valence-electron chi connectivity index (χ1n) is 6.84. The monoisotopic (exact) mass is 353 g/mol. The van der Waals surface area contributed by atoms with Gasteiger partial charge in [-0.05, 0) is 28.1 Å². The van der Waals surface area contributed by atoms with Crippen LogP contribution in [0.15, 0.2) is 33.7 Å². The molecule has 0 N–H and O–H groups in total. The average molecular weight is 354 g/mol. The van der Waals surface area contributed by atoms with Gasteiger partial charge in [-0.1, -0.05) is 0 Å². The molecule has 0 spiro atoms. The van der Waals surface area contributed by atoms with E-state index >= 15 is 0 Å². The lowest BCUT2D eigenvalue weighted by atomic mass is 10.4. The number of hydrogen-bond acceptors (Lipinski definition) is 5. The molecule has 0 aliphatic carbocycles. The highest BCUT2D eigenvalue weighted by Crippen LogP contribution is 2.11. The zero-order valence-corrected chi connectivity index (χ0v) is 13.1. The molecule has 0 atom stereocenters. The standard InChI is InChI=1S/C14H16BrN3O3/c15-11-1-2-12-16-13(9-14(19)18(12)10-11)21-8-5-17-3-6-20-7-4-17/h1-2,9-10H,3-8H2. The second kappa shape index (κ2) is 6.55. The summed E-state index contributed by atoms with van der Waals surface area (Å²) in [4.78, 5) is 18.6. The van der Waals surface area contributed by atoms with Crippen molar-refractivity contribution in [2.45, 2.75) is 0 Å². The normalized spacial score (nSPS) is 16.2. The molecular weight excluding hydrogens is 338 g/mol. The molecule has 0 bridgehead atoms. The van der Waals surface area contributed by atoms with Crippen LogP contribution in [-0.2, 0) is 4.74 Å². The summed E-state index contributed by atoms with van der Waals surface area (Å²) in [5.74, 6) is 0.371. The Morgan fingerprint density at radius 1 is 1.33 bits per heavy atom. The fourth-order valence-electron chi connectivity index (χ4n) is 2.23. The molecule has 0 saturated carbocycles. The maximum absolute atomic E-state index is 12.0. The van der Waals surface area contributed by atoms with Gasteiger partial charge in [-0.3, -0.25) is 14.1 Å². The number of hydrogen-bond donors (Lipinski definition) is 0. The predicted molar refractivity (Wildman–Crippen MR) is 81.9 cm³/mol. The second-order valence-electron chi connectivity index (χ2n) is 4.81. The number of nitrogens with zero attached hydrogens (tertiary/aromatic N) is 3. The van der Waals surface area contributed by atoms with Crippen LogP contribution in [0.1, 0.15) is 0 Å². The molecule has 2 aromatic heterocycles. The summed E-state index contributed by atoms with van der Waals surface area (Å²) in [5, 5.41) is 0. The van der Waals surface area contributed by atoms with Crippen LogP contribution in [0.3, 0.4) is 0 Å². The first kappa shape index (κ1) is 14.5. The molecule has 0 radical (unpaired) electrons. The van der Waals surface area contributed by atoms with Crippen LogP contribution in [0.4, 0.5) is 0 Å². The van der Waals surface area contributed by atoms with Crippen LogP contribution in [-0.4, -0.2) is 53.7 Å². The van der Waals surface area contributed by atoms with E-state index in [0.29, 0.717) is 18.1 Å². The predicted octanol–water partition coefficient (Wildman–Crippen LogP) is 1.17. The Bertz CT molecular complexity index is 683. The molecule has 7 heteroatoms. The van der Waals surface area contributed by atoms with Gasteiger partial charge in [0.15, 0.2) is 0 Å². The number of ether oxygens (including phenoxy) is 2.